The van der Waals surface area contributed by atoms with Crippen molar-refractivity contribution in [2.45, 2.75) is 6.36 Å². The fourth-order valence-corrected chi connectivity index (χ4v) is 2.03. The largest absolute Gasteiger partial charge is 0.573 e. The van der Waals surface area contributed by atoms with E-state index in [1.165, 1.54) is 18.4 Å². The summed E-state index contributed by atoms with van der Waals surface area (Å²) in [6, 6.07) is 13.8. The number of hydrogen-bond donors (Lipinski definition) is 1. The molecule has 3 aromatic rings. The molecule has 0 bridgehead atoms. The third-order valence-electron chi connectivity index (χ3n) is 3.10. The first-order valence-electron chi connectivity index (χ1n) is 7.09. The van der Waals surface area contributed by atoms with E-state index in [0.29, 0.717) is 11.6 Å². The number of aromatic nitrogens is 1. The summed E-state index contributed by atoms with van der Waals surface area (Å²) < 4.78 is 45.3. The van der Waals surface area contributed by atoms with Crippen LogP contribution in [-0.2, 0) is 0 Å². The quantitative estimate of drug-likeness (QED) is 0.754. The standard InChI is InChI=1S/C17H11F3N2O3/c18-17(19,20)25-13-8-6-12(7-9-13)21-15(23)14-10-24-16(22-14)11-4-2-1-3-5-11/h1-10H,(H,21,23). The van der Waals surface area contributed by atoms with Gasteiger partial charge >= 0.3 is 6.36 Å². The molecule has 0 aliphatic carbocycles. The van der Waals surface area contributed by atoms with Crippen molar-refractivity contribution in [3.63, 3.8) is 0 Å². The normalized spacial score (nSPS) is 11.2. The SMILES string of the molecule is O=C(Nc1ccc(OC(F)(F)F)cc1)c1coc(-c2ccccc2)n1. The summed E-state index contributed by atoms with van der Waals surface area (Å²) in [7, 11) is 0. The average Bonchev–Trinajstić information content (AvgIpc) is 3.06. The second-order valence-electron chi connectivity index (χ2n) is 4.93. The van der Waals surface area contributed by atoms with Crippen LogP contribution >= 0.6 is 0 Å². The van der Waals surface area contributed by atoms with Gasteiger partial charge < -0.3 is 14.5 Å². The topological polar surface area (TPSA) is 64.4 Å². The third-order valence-corrected chi connectivity index (χ3v) is 3.10. The van der Waals surface area contributed by atoms with Gasteiger partial charge in [-0.25, -0.2) is 4.98 Å². The Balaban J connectivity index is 1.67. The molecule has 0 atom stereocenters. The Bertz CT molecular complexity index is 859. The van der Waals surface area contributed by atoms with Gasteiger partial charge in [0.25, 0.3) is 5.91 Å². The van der Waals surface area contributed by atoms with E-state index in [1.807, 2.05) is 18.2 Å². The molecule has 0 saturated carbocycles. The van der Waals surface area contributed by atoms with Crippen LogP contribution in [-0.4, -0.2) is 17.3 Å². The zero-order valence-electron chi connectivity index (χ0n) is 12.6. The lowest BCUT2D eigenvalue weighted by Crippen LogP contribution is -2.17. The maximum absolute atomic E-state index is 12.1. The van der Waals surface area contributed by atoms with E-state index in [0.717, 1.165) is 17.7 Å². The number of anilines is 1. The van der Waals surface area contributed by atoms with Crippen LogP contribution in [0.2, 0.25) is 0 Å². The van der Waals surface area contributed by atoms with E-state index in [1.54, 1.807) is 12.1 Å². The van der Waals surface area contributed by atoms with Gasteiger partial charge in [0.1, 0.15) is 12.0 Å². The second kappa shape index (κ2) is 6.68. The molecular formula is C17H11F3N2O3. The number of oxazole rings is 1. The van der Waals surface area contributed by atoms with Crippen LogP contribution in [0.25, 0.3) is 11.5 Å². The van der Waals surface area contributed by atoms with Crippen molar-refractivity contribution in [2.75, 3.05) is 5.32 Å². The van der Waals surface area contributed by atoms with Gasteiger partial charge in [0.15, 0.2) is 5.69 Å². The maximum Gasteiger partial charge on any atom is 0.573 e. The number of alkyl halides is 3. The monoisotopic (exact) mass is 348 g/mol. The summed E-state index contributed by atoms with van der Waals surface area (Å²) in [5.41, 5.74) is 1.06. The van der Waals surface area contributed by atoms with E-state index in [4.69, 9.17) is 4.42 Å². The minimum absolute atomic E-state index is 0.0504. The van der Waals surface area contributed by atoms with Gasteiger partial charge in [0.05, 0.1) is 0 Å². The van der Waals surface area contributed by atoms with Crippen LogP contribution in [0.4, 0.5) is 18.9 Å². The summed E-state index contributed by atoms with van der Waals surface area (Å²) in [5, 5.41) is 2.51. The van der Waals surface area contributed by atoms with E-state index >= 15 is 0 Å². The summed E-state index contributed by atoms with van der Waals surface area (Å²) in [6.45, 7) is 0. The average molecular weight is 348 g/mol. The van der Waals surface area contributed by atoms with E-state index < -0.39 is 12.3 Å². The first-order valence-corrected chi connectivity index (χ1v) is 7.09. The Kier molecular flexibility index (Phi) is 4.42. The molecule has 8 heteroatoms. The number of benzene rings is 2. The van der Waals surface area contributed by atoms with Crippen molar-refractivity contribution in [3.05, 3.63) is 66.6 Å². The van der Waals surface area contributed by atoms with E-state index in [-0.39, 0.29) is 11.4 Å². The van der Waals surface area contributed by atoms with Gasteiger partial charge in [0, 0.05) is 11.3 Å². The smallest absolute Gasteiger partial charge is 0.444 e. The molecule has 128 valence electrons. The van der Waals surface area contributed by atoms with E-state index in [9.17, 15) is 18.0 Å². The van der Waals surface area contributed by atoms with Crippen LogP contribution in [0.3, 0.4) is 0 Å². The molecule has 0 unspecified atom stereocenters. The Morgan fingerprint density at radius 3 is 2.36 bits per heavy atom. The van der Waals surface area contributed by atoms with Gasteiger partial charge in [-0.15, -0.1) is 13.2 Å². The molecule has 0 aliphatic heterocycles. The summed E-state index contributed by atoms with van der Waals surface area (Å²) >= 11 is 0. The number of ether oxygens (including phenoxy) is 1. The zero-order valence-corrected chi connectivity index (χ0v) is 12.6. The maximum atomic E-state index is 12.1. The minimum atomic E-state index is -4.76. The number of halogens is 3. The zero-order chi connectivity index (χ0) is 17.9. The molecule has 25 heavy (non-hydrogen) atoms. The van der Waals surface area contributed by atoms with Crippen LogP contribution in [0.5, 0.6) is 5.75 Å². The van der Waals surface area contributed by atoms with Crippen molar-refractivity contribution in [1.29, 1.82) is 0 Å². The van der Waals surface area contributed by atoms with Gasteiger partial charge in [0.2, 0.25) is 5.89 Å². The Morgan fingerprint density at radius 1 is 1.04 bits per heavy atom. The molecule has 1 heterocycles. The lowest BCUT2D eigenvalue weighted by Gasteiger charge is -2.09. The third kappa shape index (κ3) is 4.37. The van der Waals surface area contributed by atoms with Crippen LogP contribution < -0.4 is 10.1 Å². The fourth-order valence-electron chi connectivity index (χ4n) is 2.03. The Morgan fingerprint density at radius 2 is 1.72 bits per heavy atom. The lowest BCUT2D eigenvalue weighted by molar-refractivity contribution is -0.274. The van der Waals surface area contributed by atoms with Crippen molar-refractivity contribution in [3.8, 4) is 17.2 Å². The molecule has 0 radical (unpaired) electrons. The van der Waals surface area contributed by atoms with Crippen molar-refractivity contribution >= 4 is 11.6 Å². The number of hydrogen-bond acceptors (Lipinski definition) is 4. The lowest BCUT2D eigenvalue weighted by atomic mass is 10.2. The molecule has 0 fully saturated rings. The fraction of sp³-hybridized carbons (Fsp3) is 0.0588. The highest BCUT2D eigenvalue weighted by Gasteiger charge is 2.31. The Hall–Kier alpha value is -3.29. The molecule has 1 N–H and O–H groups in total. The van der Waals surface area contributed by atoms with Crippen LogP contribution in [0, 0.1) is 0 Å². The molecular weight excluding hydrogens is 337 g/mol. The number of rotatable bonds is 4. The number of carbonyl (C=O) groups excluding carboxylic acids is 1. The molecule has 0 aliphatic rings. The predicted molar refractivity (Wildman–Crippen MR) is 83.0 cm³/mol. The van der Waals surface area contributed by atoms with Gasteiger partial charge in [-0.05, 0) is 36.4 Å². The van der Waals surface area contributed by atoms with Gasteiger partial charge in [-0.3, -0.25) is 4.79 Å². The Labute approximate surface area is 140 Å². The highest BCUT2D eigenvalue weighted by molar-refractivity contribution is 6.02. The molecule has 1 aromatic heterocycles. The summed E-state index contributed by atoms with van der Waals surface area (Å²) in [6.07, 6.45) is -3.56. The van der Waals surface area contributed by atoms with Crippen LogP contribution in [0.15, 0.2) is 65.3 Å². The summed E-state index contributed by atoms with van der Waals surface area (Å²) in [5.74, 6) is -0.631. The van der Waals surface area contributed by atoms with Crippen molar-refractivity contribution in [1.82, 2.24) is 4.98 Å². The van der Waals surface area contributed by atoms with Crippen molar-refractivity contribution in [2.24, 2.45) is 0 Å². The van der Waals surface area contributed by atoms with Crippen LogP contribution in [0.1, 0.15) is 10.5 Å². The summed E-state index contributed by atoms with van der Waals surface area (Å²) in [4.78, 5) is 16.2. The number of amides is 1. The molecule has 2 aromatic carbocycles. The van der Waals surface area contributed by atoms with Crippen molar-refractivity contribution < 1.29 is 27.1 Å². The number of carbonyl (C=O) groups is 1. The molecule has 0 spiro atoms. The van der Waals surface area contributed by atoms with Gasteiger partial charge in [-0.2, -0.15) is 0 Å². The first kappa shape index (κ1) is 16.6. The number of nitrogens with zero attached hydrogens (tertiary/aromatic N) is 1. The highest BCUT2D eigenvalue weighted by atomic mass is 19.4. The molecule has 0 saturated heterocycles. The number of nitrogens with one attached hydrogen (secondary N) is 1. The molecule has 3 rings (SSSR count). The first-order chi connectivity index (χ1) is 11.9. The van der Waals surface area contributed by atoms with Gasteiger partial charge in [-0.1, -0.05) is 18.2 Å². The predicted octanol–water partition coefficient (Wildman–Crippen LogP) is 4.49. The van der Waals surface area contributed by atoms with E-state index in [2.05, 4.69) is 15.0 Å². The molecule has 5 nitrogen and oxygen atoms in total. The second-order valence-corrected chi connectivity index (χ2v) is 4.93. The highest BCUT2D eigenvalue weighted by Crippen LogP contribution is 2.24. The molecule has 1 amide bonds. The minimum Gasteiger partial charge on any atom is -0.444 e.